The Balaban J connectivity index is 1.85. The molecular formula is C18H25NO2. The highest BCUT2D eigenvalue weighted by molar-refractivity contribution is 5.75. The molecule has 0 saturated carbocycles. The van der Waals surface area contributed by atoms with Crippen molar-refractivity contribution in [2.24, 2.45) is 5.92 Å². The van der Waals surface area contributed by atoms with Crippen molar-refractivity contribution in [2.45, 2.75) is 57.0 Å². The number of ether oxygens (including phenoxy) is 1. The van der Waals surface area contributed by atoms with Crippen LogP contribution in [0.2, 0.25) is 0 Å². The lowest BCUT2D eigenvalue weighted by Gasteiger charge is -2.36. The number of aryl methyl sites for hydroxylation is 1. The maximum atomic E-state index is 12.2. The summed E-state index contributed by atoms with van der Waals surface area (Å²) in [6.07, 6.45) is 5.61. The summed E-state index contributed by atoms with van der Waals surface area (Å²) in [6.45, 7) is 2.20. The van der Waals surface area contributed by atoms with Crippen molar-refractivity contribution in [3.8, 4) is 0 Å². The molecule has 2 fully saturated rings. The first-order valence-electron chi connectivity index (χ1n) is 8.15. The molecule has 2 aliphatic rings. The van der Waals surface area contributed by atoms with Crippen LogP contribution in [-0.2, 0) is 16.0 Å². The lowest BCUT2D eigenvalue weighted by atomic mass is 9.77. The summed E-state index contributed by atoms with van der Waals surface area (Å²) in [4.78, 5) is 12.2. The van der Waals surface area contributed by atoms with E-state index in [0.29, 0.717) is 12.0 Å². The standard InChI is InChI=1S/C18H25NO2/c1-3-4-12-5-7-13(8-6-12)15-11-14-9-10-16(19-14)17(15)18(20)21-2/h5-8,14-17,19H,3-4,9-11H2,1-2H3/t14-,15+,16+,17-/m0/s1. The number of hydrogen-bond acceptors (Lipinski definition) is 3. The van der Waals surface area contributed by atoms with E-state index in [4.69, 9.17) is 4.74 Å². The minimum atomic E-state index is -0.0597. The Bertz CT molecular complexity index is 496. The molecule has 0 radical (unpaired) electrons. The summed E-state index contributed by atoms with van der Waals surface area (Å²) >= 11 is 0. The molecule has 0 spiro atoms. The molecule has 0 unspecified atom stereocenters. The largest absolute Gasteiger partial charge is 0.469 e. The average molecular weight is 287 g/mol. The number of hydrogen-bond donors (Lipinski definition) is 1. The van der Waals surface area contributed by atoms with Crippen molar-refractivity contribution in [3.05, 3.63) is 35.4 Å². The number of fused-ring (bicyclic) bond motifs is 2. The summed E-state index contributed by atoms with van der Waals surface area (Å²) < 4.78 is 5.08. The van der Waals surface area contributed by atoms with Gasteiger partial charge in [-0.05, 0) is 36.8 Å². The van der Waals surface area contributed by atoms with Gasteiger partial charge in [0.05, 0.1) is 13.0 Å². The molecular weight excluding hydrogens is 262 g/mol. The molecule has 2 saturated heterocycles. The highest BCUT2D eigenvalue weighted by Gasteiger charge is 2.46. The number of esters is 1. The van der Waals surface area contributed by atoms with Crippen molar-refractivity contribution in [1.82, 2.24) is 5.32 Å². The molecule has 0 aliphatic carbocycles. The van der Waals surface area contributed by atoms with Crippen LogP contribution in [0.3, 0.4) is 0 Å². The van der Waals surface area contributed by atoms with E-state index in [0.717, 1.165) is 19.3 Å². The fourth-order valence-corrected chi connectivity index (χ4v) is 4.08. The van der Waals surface area contributed by atoms with E-state index in [1.807, 2.05) is 0 Å². The van der Waals surface area contributed by atoms with Crippen LogP contribution in [-0.4, -0.2) is 25.2 Å². The zero-order valence-electron chi connectivity index (χ0n) is 13.0. The number of carbonyl (C=O) groups is 1. The summed E-state index contributed by atoms with van der Waals surface area (Å²) in [5, 5.41) is 3.59. The number of carbonyl (C=O) groups excluding carboxylic acids is 1. The number of rotatable bonds is 4. The normalized spacial score (nSPS) is 31.1. The van der Waals surface area contributed by atoms with Gasteiger partial charge in [0.1, 0.15) is 0 Å². The van der Waals surface area contributed by atoms with Crippen LogP contribution in [0.4, 0.5) is 0 Å². The van der Waals surface area contributed by atoms with Gasteiger partial charge in [0.25, 0.3) is 0 Å². The van der Waals surface area contributed by atoms with Crippen LogP contribution in [0, 0.1) is 5.92 Å². The van der Waals surface area contributed by atoms with Crippen molar-refractivity contribution in [3.63, 3.8) is 0 Å². The Morgan fingerprint density at radius 3 is 2.71 bits per heavy atom. The van der Waals surface area contributed by atoms with E-state index in [-0.39, 0.29) is 17.9 Å². The number of methoxy groups -OCH3 is 1. The van der Waals surface area contributed by atoms with E-state index >= 15 is 0 Å². The summed E-state index contributed by atoms with van der Waals surface area (Å²) in [5.74, 6) is 0.202. The molecule has 2 aliphatic heterocycles. The number of nitrogens with one attached hydrogen (secondary N) is 1. The van der Waals surface area contributed by atoms with Gasteiger partial charge in [0.15, 0.2) is 0 Å². The number of piperidine rings is 1. The van der Waals surface area contributed by atoms with Gasteiger partial charge in [-0.15, -0.1) is 0 Å². The fraction of sp³-hybridized carbons (Fsp3) is 0.611. The van der Waals surface area contributed by atoms with Gasteiger partial charge >= 0.3 is 5.97 Å². The fourth-order valence-electron chi connectivity index (χ4n) is 4.08. The van der Waals surface area contributed by atoms with Crippen molar-refractivity contribution >= 4 is 5.97 Å². The number of benzene rings is 1. The Hall–Kier alpha value is -1.35. The van der Waals surface area contributed by atoms with Crippen molar-refractivity contribution in [2.75, 3.05) is 7.11 Å². The van der Waals surface area contributed by atoms with Crippen LogP contribution in [0.15, 0.2) is 24.3 Å². The Morgan fingerprint density at radius 1 is 1.29 bits per heavy atom. The predicted molar refractivity (Wildman–Crippen MR) is 83.2 cm³/mol. The molecule has 1 aromatic carbocycles. The molecule has 3 rings (SSSR count). The maximum Gasteiger partial charge on any atom is 0.310 e. The van der Waals surface area contributed by atoms with Gasteiger partial charge in [-0.2, -0.15) is 0 Å². The monoisotopic (exact) mass is 287 g/mol. The molecule has 0 aromatic heterocycles. The van der Waals surface area contributed by atoms with Gasteiger partial charge in [-0.25, -0.2) is 0 Å². The minimum Gasteiger partial charge on any atom is -0.469 e. The molecule has 0 amide bonds. The van der Waals surface area contributed by atoms with Gasteiger partial charge in [0, 0.05) is 18.0 Å². The van der Waals surface area contributed by atoms with E-state index in [2.05, 4.69) is 36.5 Å². The summed E-state index contributed by atoms with van der Waals surface area (Å²) in [7, 11) is 1.50. The van der Waals surface area contributed by atoms with E-state index in [9.17, 15) is 4.79 Å². The Kier molecular flexibility index (Phi) is 4.29. The highest BCUT2D eigenvalue weighted by atomic mass is 16.5. The van der Waals surface area contributed by atoms with Crippen LogP contribution in [0.25, 0.3) is 0 Å². The first kappa shape index (κ1) is 14.6. The van der Waals surface area contributed by atoms with Crippen molar-refractivity contribution < 1.29 is 9.53 Å². The average Bonchev–Trinajstić information content (AvgIpc) is 2.89. The van der Waals surface area contributed by atoms with Gasteiger partial charge in [-0.3, -0.25) is 4.79 Å². The van der Waals surface area contributed by atoms with E-state index in [1.165, 1.54) is 31.1 Å². The highest BCUT2D eigenvalue weighted by Crippen LogP contribution is 2.42. The van der Waals surface area contributed by atoms with E-state index < -0.39 is 0 Å². The molecule has 2 bridgehead atoms. The van der Waals surface area contributed by atoms with Crippen LogP contribution in [0.1, 0.15) is 49.7 Å². The topological polar surface area (TPSA) is 38.3 Å². The third kappa shape index (κ3) is 2.84. The molecule has 21 heavy (non-hydrogen) atoms. The smallest absolute Gasteiger partial charge is 0.310 e. The lowest BCUT2D eigenvalue weighted by molar-refractivity contribution is -0.148. The SMILES string of the molecule is CCCc1ccc([C@H]2C[C@@H]3CC[C@@H](N3)[C@H]2C(=O)OC)cc1. The first-order valence-corrected chi connectivity index (χ1v) is 8.15. The second-order valence-corrected chi connectivity index (χ2v) is 6.43. The zero-order valence-corrected chi connectivity index (χ0v) is 13.0. The zero-order chi connectivity index (χ0) is 14.8. The minimum absolute atomic E-state index is 0.0363. The second-order valence-electron chi connectivity index (χ2n) is 6.43. The molecule has 2 heterocycles. The third-order valence-corrected chi connectivity index (χ3v) is 5.10. The molecule has 1 N–H and O–H groups in total. The summed E-state index contributed by atoms with van der Waals surface area (Å²) in [6, 6.07) is 9.73. The van der Waals surface area contributed by atoms with Crippen LogP contribution >= 0.6 is 0 Å². The molecule has 114 valence electrons. The Labute approximate surface area is 127 Å². The van der Waals surface area contributed by atoms with Crippen LogP contribution < -0.4 is 5.32 Å². The maximum absolute atomic E-state index is 12.2. The molecule has 3 heteroatoms. The van der Waals surface area contributed by atoms with Gasteiger partial charge in [-0.1, -0.05) is 37.6 Å². The molecule has 1 aromatic rings. The first-order chi connectivity index (χ1) is 10.2. The van der Waals surface area contributed by atoms with Gasteiger partial charge < -0.3 is 10.1 Å². The third-order valence-electron chi connectivity index (χ3n) is 5.10. The predicted octanol–water partition coefficient (Wildman–Crippen LogP) is 3.04. The Morgan fingerprint density at radius 2 is 2.05 bits per heavy atom. The van der Waals surface area contributed by atoms with Crippen LogP contribution in [0.5, 0.6) is 0 Å². The quantitative estimate of drug-likeness (QED) is 0.865. The van der Waals surface area contributed by atoms with Crippen molar-refractivity contribution in [1.29, 1.82) is 0 Å². The molecule has 3 nitrogen and oxygen atoms in total. The lowest BCUT2D eigenvalue weighted by Crippen LogP contribution is -2.48. The second kappa shape index (κ2) is 6.18. The van der Waals surface area contributed by atoms with E-state index in [1.54, 1.807) is 0 Å². The molecule has 4 atom stereocenters. The summed E-state index contributed by atoms with van der Waals surface area (Å²) in [5.41, 5.74) is 2.68. The van der Waals surface area contributed by atoms with Gasteiger partial charge in [0.2, 0.25) is 0 Å².